The van der Waals surface area contributed by atoms with Crippen molar-refractivity contribution in [2.75, 3.05) is 11.9 Å². The van der Waals surface area contributed by atoms with E-state index in [-0.39, 0.29) is 0 Å². The van der Waals surface area contributed by atoms with E-state index in [2.05, 4.69) is 53.6 Å². The average Bonchev–Trinajstić information content (AvgIpc) is 3.15. The van der Waals surface area contributed by atoms with Gasteiger partial charge in [-0.05, 0) is 72.2 Å². The van der Waals surface area contributed by atoms with Crippen LogP contribution in [0.5, 0.6) is 11.6 Å². The van der Waals surface area contributed by atoms with Crippen molar-refractivity contribution in [3.63, 3.8) is 0 Å². The summed E-state index contributed by atoms with van der Waals surface area (Å²) in [6.07, 6.45) is 4.58. The molecular weight excluding hydrogens is 362 g/mol. The predicted octanol–water partition coefficient (Wildman–Crippen LogP) is 4.36. The van der Waals surface area contributed by atoms with Gasteiger partial charge in [0.05, 0.1) is 5.56 Å². The molecule has 5 heteroatoms. The number of carbonyl (C=O) groups excluding carboxylic acids is 1. The van der Waals surface area contributed by atoms with Gasteiger partial charge < -0.3 is 15.8 Å². The Morgan fingerprint density at radius 3 is 2.76 bits per heavy atom. The number of benzene rings is 2. The van der Waals surface area contributed by atoms with Gasteiger partial charge in [0, 0.05) is 24.5 Å². The first-order valence-corrected chi connectivity index (χ1v) is 9.99. The van der Waals surface area contributed by atoms with Crippen molar-refractivity contribution in [1.82, 2.24) is 4.98 Å². The maximum Gasteiger partial charge on any atom is 0.250 e. The lowest BCUT2D eigenvalue weighted by molar-refractivity contribution is 0.1000. The summed E-state index contributed by atoms with van der Waals surface area (Å²) in [4.78, 5) is 15.3. The van der Waals surface area contributed by atoms with Crippen LogP contribution in [-0.2, 0) is 19.3 Å². The lowest BCUT2D eigenvalue weighted by atomic mass is 10.1. The monoisotopic (exact) mass is 387 g/mol. The molecule has 3 N–H and O–H groups in total. The smallest absolute Gasteiger partial charge is 0.250 e. The molecule has 29 heavy (non-hydrogen) atoms. The van der Waals surface area contributed by atoms with E-state index in [9.17, 15) is 4.79 Å². The fraction of sp³-hybridized carbons (Fsp3) is 0.250. The summed E-state index contributed by atoms with van der Waals surface area (Å²) in [5.41, 5.74) is 10.9. The van der Waals surface area contributed by atoms with Gasteiger partial charge in [0.15, 0.2) is 0 Å². The highest BCUT2D eigenvalue weighted by Crippen LogP contribution is 2.31. The molecule has 0 aliphatic heterocycles. The Labute approximate surface area is 170 Å². The highest BCUT2D eigenvalue weighted by molar-refractivity contribution is 5.92. The Morgan fingerprint density at radius 2 is 2.00 bits per heavy atom. The Morgan fingerprint density at radius 1 is 1.14 bits per heavy atom. The van der Waals surface area contributed by atoms with Crippen LogP contribution < -0.4 is 15.8 Å². The third kappa shape index (κ3) is 4.57. The fourth-order valence-corrected chi connectivity index (χ4v) is 3.76. The largest absolute Gasteiger partial charge is 0.439 e. The van der Waals surface area contributed by atoms with Crippen LogP contribution >= 0.6 is 0 Å². The van der Waals surface area contributed by atoms with Crippen LogP contribution in [0.1, 0.15) is 34.0 Å². The lowest BCUT2D eigenvalue weighted by Crippen LogP contribution is -2.14. The second-order valence-electron chi connectivity index (χ2n) is 7.49. The van der Waals surface area contributed by atoms with Crippen LogP contribution in [0.4, 0.5) is 5.69 Å². The molecule has 0 saturated heterocycles. The molecule has 3 aromatic rings. The number of hydrogen-bond donors (Lipinski definition) is 2. The van der Waals surface area contributed by atoms with E-state index in [1.165, 1.54) is 28.6 Å². The van der Waals surface area contributed by atoms with Crippen molar-refractivity contribution in [2.24, 2.45) is 11.7 Å². The second kappa shape index (κ2) is 8.35. The van der Waals surface area contributed by atoms with Crippen LogP contribution in [0, 0.1) is 5.92 Å². The molecule has 0 radical (unpaired) electrons. The van der Waals surface area contributed by atoms with Crippen molar-refractivity contribution < 1.29 is 9.53 Å². The summed E-state index contributed by atoms with van der Waals surface area (Å²) in [5, 5.41) is 3.59. The second-order valence-corrected chi connectivity index (χ2v) is 7.49. The number of nitrogens with two attached hydrogens (primary N) is 1. The van der Waals surface area contributed by atoms with E-state index in [0.29, 0.717) is 17.4 Å². The minimum atomic E-state index is -0.498. The van der Waals surface area contributed by atoms with E-state index in [0.717, 1.165) is 31.6 Å². The van der Waals surface area contributed by atoms with E-state index in [1.54, 1.807) is 12.1 Å². The number of aromatic nitrogens is 1. The molecule has 2 aromatic carbocycles. The standard InChI is InChI=1S/C24H25N3O2/c1-2-16-4-3-5-21(12-16)26-14-17-10-18-6-8-22(13-20(18)11-17)29-23-9-7-19(15-27-23)24(25)28/h3-9,12-13,15,17,26H,2,10-11,14H2,1H3,(H2,25,28). The summed E-state index contributed by atoms with van der Waals surface area (Å²) in [6, 6.07) is 18.1. The summed E-state index contributed by atoms with van der Waals surface area (Å²) in [5.74, 6) is 1.27. The molecule has 1 aliphatic carbocycles. The maximum absolute atomic E-state index is 11.1. The predicted molar refractivity (Wildman–Crippen MR) is 114 cm³/mol. The molecule has 1 aliphatic rings. The third-order valence-electron chi connectivity index (χ3n) is 5.37. The molecule has 1 aromatic heterocycles. The average molecular weight is 387 g/mol. The Bertz CT molecular complexity index is 1010. The number of amides is 1. The quantitative estimate of drug-likeness (QED) is 0.631. The molecule has 0 spiro atoms. The molecule has 4 rings (SSSR count). The van der Waals surface area contributed by atoms with Crippen LogP contribution in [0.25, 0.3) is 0 Å². The van der Waals surface area contributed by atoms with Crippen molar-refractivity contribution in [3.05, 3.63) is 83.0 Å². The SMILES string of the molecule is CCc1cccc(NCC2Cc3ccc(Oc4ccc(C(N)=O)cn4)cc3C2)c1. The summed E-state index contributed by atoms with van der Waals surface area (Å²) in [6.45, 7) is 3.13. The van der Waals surface area contributed by atoms with Gasteiger partial charge in [-0.15, -0.1) is 0 Å². The normalized spacial score (nSPS) is 15.0. The Kier molecular flexibility index (Phi) is 5.47. The summed E-state index contributed by atoms with van der Waals surface area (Å²) in [7, 11) is 0. The number of rotatable bonds is 7. The van der Waals surface area contributed by atoms with Gasteiger partial charge in [-0.25, -0.2) is 4.98 Å². The first-order valence-electron chi connectivity index (χ1n) is 9.99. The molecule has 1 amide bonds. The number of pyridine rings is 1. The molecule has 5 nitrogen and oxygen atoms in total. The number of ether oxygens (including phenoxy) is 1. The van der Waals surface area contributed by atoms with Crippen molar-refractivity contribution >= 4 is 11.6 Å². The zero-order valence-electron chi connectivity index (χ0n) is 16.5. The van der Waals surface area contributed by atoms with Gasteiger partial charge in [0.25, 0.3) is 0 Å². The van der Waals surface area contributed by atoms with Gasteiger partial charge in [-0.1, -0.05) is 25.1 Å². The maximum atomic E-state index is 11.1. The number of hydrogen-bond acceptors (Lipinski definition) is 4. The van der Waals surface area contributed by atoms with Gasteiger partial charge in [0.2, 0.25) is 11.8 Å². The fourth-order valence-electron chi connectivity index (χ4n) is 3.76. The summed E-state index contributed by atoms with van der Waals surface area (Å²) < 4.78 is 5.85. The zero-order chi connectivity index (χ0) is 20.2. The molecule has 0 saturated carbocycles. The van der Waals surface area contributed by atoms with Crippen molar-refractivity contribution in [1.29, 1.82) is 0 Å². The first kappa shape index (κ1) is 19.0. The number of primary amides is 1. The minimum Gasteiger partial charge on any atom is -0.439 e. The van der Waals surface area contributed by atoms with Gasteiger partial charge >= 0.3 is 0 Å². The number of fused-ring (bicyclic) bond motifs is 1. The van der Waals surface area contributed by atoms with E-state index < -0.39 is 5.91 Å². The molecule has 148 valence electrons. The van der Waals surface area contributed by atoms with Crippen LogP contribution in [0.2, 0.25) is 0 Å². The first-order chi connectivity index (χ1) is 14.1. The zero-order valence-corrected chi connectivity index (χ0v) is 16.5. The molecule has 1 atom stereocenters. The highest BCUT2D eigenvalue weighted by Gasteiger charge is 2.22. The molecule has 1 unspecified atom stereocenters. The van der Waals surface area contributed by atoms with Gasteiger partial charge in [0.1, 0.15) is 5.75 Å². The van der Waals surface area contributed by atoms with E-state index >= 15 is 0 Å². The molecular formula is C24H25N3O2. The number of nitrogens with zero attached hydrogens (tertiary/aromatic N) is 1. The van der Waals surface area contributed by atoms with Crippen molar-refractivity contribution in [2.45, 2.75) is 26.2 Å². The van der Waals surface area contributed by atoms with Crippen LogP contribution in [0.15, 0.2) is 60.8 Å². The number of carbonyl (C=O) groups is 1. The van der Waals surface area contributed by atoms with Gasteiger partial charge in [-0.3, -0.25) is 4.79 Å². The summed E-state index contributed by atoms with van der Waals surface area (Å²) >= 11 is 0. The number of anilines is 1. The number of aryl methyl sites for hydroxylation is 1. The topological polar surface area (TPSA) is 77.2 Å². The van der Waals surface area contributed by atoms with Crippen LogP contribution in [0.3, 0.4) is 0 Å². The molecule has 0 bridgehead atoms. The Balaban J connectivity index is 1.37. The molecule has 0 fully saturated rings. The van der Waals surface area contributed by atoms with E-state index in [1.807, 2.05) is 6.07 Å². The highest BCUT2D eigenvalue weighted by atomic mass is 16.5. The Hall–Kier alpha value is -3.34. The molecule has 1 heterocycles. The number of nitrogens with one attached hydrogen (secondary N) is 1. The van der Waals surface area contributed by atoms with Crippen molar-refractivity contribution in [3.8, 4) is 11.6 Å². The van der Waals surface area contributed by atoms with Crippen LogP contribution in [-0.4, -0.2) is 17.4 Å². The van der Waals surface area contributed by atoms with E-state index in [4.69, 9.17) is 10.5 Å². The third-order valence-corrected chi connectivity index (χ3v) is 5.37. The van der Waals surface area contributed by atoms with Gasteiger partial charge in [-0.2, -0.15) is 0 Å². The minimum absolute atomic E-state index is 0.367. The lowest BCUT2D eigenvalue weighted by Gasteiger charge is -2.12.